The lowest BCUT2D eigenvalue weighted by molar-refractivity contribution is 0.272. The number of aromatic nitrogens is 1. The molecule has 1 aromatic heterocycles. The highest BCUT2D eigenvalue weighted by molar-refractivity contribution is 7.83. The zero-order chi connectivity index (χ0) is 11.4. The van der Waals surface area contributed by atoms with Crippen molar-refractivity contribution in [3.63, 3.8) is 0 Å². The average molecular weight is 229 g/mol. The third kappa shape index (κ3) is 2.76. The monoisotopic (exact) mass is 229 g/mol. The molecule has 0 aromatic carbocycles. The quantitative estimate of drug-likeness (QED) is 0.828. The summed E-state index contributed by atoms with van der Waals surface area (Å²) in [6.07, 6.45) is 3.20. The first-order valence-electron chi connectivity index (χ1n) is 4.52. The second-order valence-electron chi connectivity index (χ2n) is 3.26. The molecular formula is C10H15NO3S. The summed E-state index contributed by atoms with van der Waals surface area (Å²) < 4.78 is 16.3. The van der Waals surface area contributed by atoms with Gasteiger partial charge in [0.1, 0.15) is 5.75 Å². The van der Waals surface area contributed by atoms with Gasteiger partial charge in [0.05, 0.1) is 25.2 Å². The van der Waals surface area contributed by atoms with Gasteiger partial charge in [0.15, 0.2) is 0 Å². The van der Waals surface area contributed by atoms with Crippen molar-refractivity contribution in [1.82, 2.24) is 4.98 Å². The van der Waals surface area contributed by atoms with E-state index in [9.17, 15) is 4.21 Å². The number of hydrogen-bond acceptors (Lipinski definition) is 4. The van der Waals surface area contributed by atoms with Crippen LogP contribution >= 0.6 is 0 Å². The number of aliphatic hydroxyl groups excluding tert-OH is 1. The Morgan fingerprint density at radius 3 is 2.73 bits per heavy atom. The number of aliphatic hydroxyl groups is 1. The zero-order valence-corrected chi connectivity index (χ0v) is 9.93. The smallest absolute Gasteiger partial charge is 0.130 e. The van der Waals surface area contributed by atoms with Gasteiger partial charge in [0.25, 0.3) is 0 Å². The van der Waals surface area contributed by atoms with Crippen molar-refractivity contribution in [3.05, 3.63) is 23.0 Å². The third-order valence-electron chi connectivity index (χ3n) is 2.16. The second kappa shape index (κ2) is 5.23. The molecule has 0 saturated heterocycles. The van der Waals surface area contributed by atoms with Gasteiger partial charge in [0.2, 0.25) is 0 Å². The van der Waals surface area contributed by atoms with E-state index in [0.29, 0.717) is 17.1 Å². The highest BCUT2D eigenvalue weighted by Gasteiger charge is 2.12. The fourth-order valence-corrected chi connectivity index (χ4v) is 2.09. The van der Waals surface area contributed by atoms with Crippen LogP contribution < -0.4 is 4.74 Å². The van der Waals surface area contributed by atoms with E-state index in [-0.39, 0.29) is 6.61 Å². The van der Waals surface area contributed by atoms with Crippen molar-refractivity contribution in [1.29, 1.82) is 0 Å². The molecule has 5 heteroatoms. The molecule has 4 nitrogen and oxygen atoms in total. The lowest BCUT2D eigenvalue weighted by atomic mass is 10.1. The van der Waals surface area contributed by atoms with Crippen LogP contribution in [0.25, 0.3) is 0 Å². The topological polar surface area (TPSA) is 59.4 Å². The molecule has 1 atom stereocenters. The minimum Gasteiger partial charge on any atom is -0.496 e. The lowest BCUT2D eigenvalue weighted by Crippen LogP contribution is -2.04. The molecule has 0 fully saturated rings. The molecular weight excluding hydrogens is 214 g/mol. The Bertz CT molecular complexity index is 379. The van der Waals surface area contributed by atoms with Crippen LogP contribution in [0.4, 0.5) is 0 Å². The van der Waals surface area contributed by atoms with Gasteiger partial charge in [-0.15, -0.1) is 0 Å². The van der Waals surface area contributed by atoms with Gasteiger partial charge in [-0.25, -0.2) is 0 Å². The number of rotatable bonds is 4. The normalized spacial score (nSPS) is 12.5. The summed E-state index contributed by atoms with van der Waals surface area (Å²) in [4.78, 5) is 4.16. The Hall–Kier alpha value is -0.940. The summed E-state index contributed by atoms with van der Waals surface area (Å²) in [6.45, 7) is 1.75. The molecule has 0 aliphatic rings. The number of hydrogen-bond donors (Lipinski definition) is 1. The fourth-order valence-electron chi connectivity index (χ4n) is 1.42. The van der Waals surface area contributed by atoms with Crippen LogP contribution in [-0.4, -0.2) is 27.7 Å². The van der Waals surface area contributed by atoms with E-state index in [2.05, 4.69) is 4.98 Å². The second-order valence-corrected chi connectivity index (χ2v) is 4.70. The van der Waals surface area contributed by atoms with Crippen LogP contribution in [0.1, 0.15) is 16.8 Å². The maximum absolute atomic E-state index is 11.1. The fraction of sp³-hybridized carbons (Fsp3) is 0.500. The highest BCUT2D eigenvalue weighted by Crippen LogP contribution is 2.25. The Balaban J connectivity index is 3.16. The lowest BCUT2D eigenvalue weighted by Gasteiger charge is -2.12. The Morgan fingerprint density at radius 1 is 1.60 bits per heavy atom. The van der Waals surface area contributed by atoms with Gasteiger partial charge >= 0.3 is 0 Å². The Kier molecular flexibility index (Phi) is 4.23. The van der Waals surface area contributed by atoms with Crippen LogP contribution in [-0.2, 0) is 23.2 Å². The minimum atomic E-state index is -0.926. The molecule has 0 amide bonds. The van der Waals surface area contributed by atoms with Gasteiger partial charge in [0, 0.05) is 34.4 Å². The summed E-state index contributed by atoms with van der Waals surface area (Å²) in [5.41, 5.74) is 2.25. The largest absolute Gasteiger partial charge is 0.496 e. The highest BCUT2D eigenvalue weighted by atomic mass is 32.2. The molecule has 0 spiro atoms. The molecule has 0 bridgehead atoms. The predicted octanol–water partition coefficient (Wildman–Crippen LogP) is 0.769. The van der Waals surface area contributed by atoms with E-state index < -0.39 is 10.8 Å². The van der Waals surface area contributed by atoms with E-state index in [1.807, 2.05) is 6.92 Å². The van der Waals surface area contributed by atoms with Gasteiger partial charge in [-0.3, -0.25) is 9.19 Å². The molecule has 1 unspecified atom stereocenters. The van der Waals surface area contributed by atoms with E-state index in [0.717, 1.165) is 11.3 Å². The molecule has 15 heavy (non-hydrogen) atoms. The first kappa shape index (κ1) is 12.1. The van der Waals surface area contributed by atoms with Crippen LogP contribution in [0.3, 0.4) is 0 Å². The summed E-state index contributed by atoms with van der Waals surface area (Å²) in [6, 6.07) is 0. The van der Waals surface area contributed by atoms with Crippen LogP contribution in [0.2, 0.25) is 0 Å². The standard InChI is InChI=1S/C10H15NO3S/c1-7-9(6-15(3)13)11-4-8(5-12)10(7)14-2/h4,12H,5-6H2,1-3H3. The first-order valence-corrected chi connectivity index (χ1v) is 6.25. The molecule has 1 aromatic rings. The minimum absolute atomic E-state index is 0.105. The maximum atomic E-state index is 11.1. The maximum Gasteiger partial charge on any atom is 0.130 e. The molecule has 1 N–H and O–H groups in total. The van der Waals surface area contributed by atoms with E-state index in [4.69, 9.17) is 9.84 Å². The van der Waals surface area contributed by atoms with Gasteiger partial charge in [-0.1, -0.05) is 0 Å². The molecule has 0 saturated carbocycles. The van der Waals surface area contributed by atoms with Crippen LogP contribution in [0.15, 0.2) is 6.20 Å². The third-order valence-corrected chi connectivity index (χ3v) is 2.84. The van der Waals surface area contributed by atoms with Crippen molar-refractivity contribution in [2.24, 2.45) is 0 Å². The van der Waals surface area contributed by atoms with Crippen molar-refractivity contribution < 1.29 is 14.1 Å². The average Bonchev–Trinajstić information content (AvgIpc) is 2.20. The Morgan fingerprint density at radius 2 is 2.27 bits per heavy atom. The summed E-state index contributed by atoms with van der Waals surface area (Å²) in [7, 11) is 0.624. The zero-order valence-electron chi connectivity index (χ0n) is 9.11. The molecule has 0 aliphatic carbocycles. The number of ether oxygens (including phenoxy) is 1. The molecule has 1 rings (SSSR count). The van der Waals surface area contributed by atoms with Crippen molar-refractivity contribution >= 4 is 10.8 Å². The van der Waals surface area contributed by atoms with Crippen LogP contribution in [0.5, 0.6) is 5.75 Å². The first-order chi connectivity index (χ1) is 7.10. The molecule has 0 aliphatic heterocycles. The van der Waals surface area contributed by atoms with E-state index in [1.165, 1.54) is 0 Å². The van der Waals surface area contributed by atoms with Gasteiger partial charge in [-0.2, -0.15) is 0 Å². The summed E-state index contributed by atoms with van der Waals surface area (Å²) in [5, 5.41) is 9.07. The molecule has 1 heterocycles. The van der Waals surface area contributed by atoms with Gasteiger partial charge in [-0.05, 0) is 6.92 Å². The van der Waals surface area contributed by atoms with Crippen molar-refractivity contribution in [2.75, 3.05) is 13.4 Å². The number of methoxy groups -OCH3 is 1. The molecule has 84 valence electrons. The number of nitrogens with zero attached hydrogens (tertiary/aromatic N) is 1. The van der Waals surface area contributed by atoms with Crippen molar-refractivity contribution in [2.45, 2.75) is 19.3 Å². The summed E-state index contributed by atoms with van der Waals surface area (Å²) >= 11 is 0. The predicted molar refractivity (Wildman–Crippen MR) is 59.2 cm³/mol. The van der Waals surface area contributed by atoms with Gasteiger partial charge < -0.3 is 9.84 Å². The number of pyridine rings is 1. The Labute approximate surface area is 91.8 Å². The summed E-state index contributed by atoms with van der Waals surface area (Å²) in [5.74, 6) is 1.04. The van der Waals surface area contributed by atoms with E-state index >= 15 is 0 Å². The van der Waals surface area contributed by atoms with Crippen molar-refractivity contribution in [3.8, 4) is 5.75 Å². The SMILES string of the molecule is COc1c(CO)cnc(CS(C)=O)c1C. The van der Waals surface area contributed by atoms with E-state index in [1.54, 1.807) is 19.6 Å². The van der Waals surface area contributed by atoms with Crippen LogP contribution in [0, 0.1) is 6.92 Å². The molecule has 0 radical (unpaired) electrons.